The lowest BCUT2D eigenvalue weighted by molar-refractivity contribution is -0.109. The molecule has 0 aromatic rings. The molecule has 0 aromatic heterocycles. The highest BCUT2D eigenvalue weighted by Gasteiger charge is 2.07. The van der Waals surface area contributed by atoms with Crippen molar-refractivity contribution >= 4 is 6.16 Å². The Morgan fingerprint density at radius 3 is 2.67 bits per heavy atom. The number of carbonyl (C=O) groups excluding carboxylic acids is 1. The van der Waals surface area contributed by atoms with Crippen LogP contribution in [-0.2, 0) is 9.68 Å². The van der Waals surface area contributed by atoms with Gasteiger partial charge in [-0.15, -0.1) is 0 Å². The SMILES string of the molecule is CCC(C)OC(=O)OF. The molecule has 0 N–H and O–H groups in total. The number of ether oxygens (including phenoxy) is 1. The first-order chi connectivity index (χ1) is 4.20. The smallest absolute Gasteiger partial charge is 0.429 e. The van der Waals surface area contributed by atoms with Crippen LogP contribution >= 0.6 is 0 Å². The van der Waals surface area contributed by atoms with Gasteiger partial charge in [-0.2, -0.15) is 0 Å². The van der Waals surface area contributed by atoms with E-state index in [9.17, 15) is 9.32 Å². The van der Waals surface area contributed by atoms with Crippen molar-refractivity contribution < 1.29 is 19.0 Å². The molecule has 0 bridgehead atoms. The maximum absolute atomic E-state index is 10.9. The van der Waals surface area contributed by atoms with E-state index in [1.807, 2.05) is 6.92 Å². The molecule has 54 valence electrons. The van der Waals surface area contributed by atoms with Crippen LogP contribution in [0.15, 0.2) is 0 Å². The van der Waals surface area contributed by atoms with Crippen molar-refractivity contribution in [3.05, 3.63) is 0 Å². The predicted octanol–water partition coefficient (Wildman–Crippen LogP) is 1.82. The Morgan fingerprint density at radius 2 is 2.33 bits per heavy atom. The van der Waals surface area contributed by atoms with Crippen LogP contribution in [0.4, 0.5) is 9.32 Å². The Labute approximate surface area is 52.7 Å². The molecule has 0 radical (unpaired) electrons. The van der Waals surface area contributed by atoms with Gasteiger partial charge >= 0.3 is 6.16 Å². The quantitative estimate of drug-likeness (QED) is 0.543. The number of hydrogen-bond acceptors (Lipinski definition) is 3. The zero-order valence-electron chi connectivity index (χ0n) is 5.39. The lowest BCUT2D eigenvalue weighted by atomic mass is 10.3. The van der Waals surface area contributed by atoms with Crippen molar-refractivity contribution in [2.75, 3.05) is 0 Å². The fourth-order valence-electron chi connectivity index (χ4n) is 0.266. The number of rotatable bonds is 2. The van der Waals surface area contributed by atoms with Gasteiger partial charge in [-0.1, -0.05) is 6.92 Å². The second-order valence-corrected chi connectivity index (χ2v) is 1.66. The van der Waals surface area contributed by atoms with E-state index in [1.165, 1.54) is 0 Å². The van der Waals surface area contributed by atoms with E-state index in [4.69, 9.17) is 0 Å². The minimum atomic E-state index is -1.27. The fraction of sp³-hybridized carbons (Fsp3) is 0.800. The summed E-state index contributed by atoms with van der Waals surface area (Å²) in [6.07, 6.45) is -0.910. The zero-order valence-corrected chi connectivity index (χ0v) is 5.39. The average molecular weight is 136 g/mol. The summed E-state index contributed by atoms with van der Waals surface area (Å²) in [6, 6.07) is 0. The number of hydrogen-bond donors (Lipinski definition) is 0. The summed E-state index contributed by atoms with van der Waals surface area (Å²) < 4.78 is 15.2. The first-order valence-corrected chi connectivity index (χ1v) is 2.70. The second-order valence-electron chi connectivity index (χ2n) is 1.66. The van der Waals surface area contributed by atoms with E-state index in [0.717, 1.165) is 0 Å². The van der Waals surface area contributed by atoms with Gasteiger partial charge < -0.3 is 4.74 Å². The highest BCUT2D eigenvalue weighted by molar-refractivity contribution is 5.59. The minimum Gasteiger partial charge on any atom is -0.429 e. The fourth-order valence-corrected chi connectivity index (χ4v) is 0.266. The lowest BCUT2D eigenvalue weighted by Crippen LogP contribution is -2.12. The monoisotopic (exact) mass is 136 g/mol. The highest BCUT2D eigenvalue weighted by Crippen LogP contribution is 1.97. The van der Waals surface area contributed by atoms with Crippen molar-refractivity contribution in [1.82, 2.24) is 0 Å². The summed E-state index contributed by atoms with van der Waals surface area (Å²) in [5.74, 6) is 0. The summed E-state index contributed by atoms with van der Waals surface area (Å²) in [5, 5.41) is 0. The van der Waals surface area contributed by atoms with Crippen LogP contribution in [0.1, 0.15) is 20.3 Å². The topological polar surface area (TPSA) is 35.5 Å². The third-order valence-corrected chi connectivity index (χ3v) is 0.935. The van der Waals surface area contributed by atoms with E-state index in [0.29, 0.717) is 6.42 Å². The van der Waals surface area contributed by atoms with Crippen molar-refractivity contribution in [1.29, 1.82) is 0 Å². The van der Waals surface area contributed by atoms with Crippen LogP contribution < -0.4 is 0 Å². The van der Waals surface area contributed by atoms with Crippen LogP contribution in [-0.4, -0.2) is 12.3 Å². The van der Waals surface area contributed by atoms with Gasteiger partial charge in [-0.3, -0.25) is 0 Å². The Kier molecular flexibility index (Phi) is 3.75. The molecule has 1 atom stereocenters. The summed E-state index contributed by atoms with van der Waals surface area (Å²) in [4.78, 5) is 12.7. The van der Waals surface area contributed by atoms with Gasteiger partial charge in [0.2, 0.25) is 0 Å². The zero-order chi connectivity index (χ0) is 7.28. The first kappa shape index (κ1) is 8.20. The molecule has 1 unspecified atom stereocenters. The largest absolute Gasteiger partial charge is 0.545 e. The van der Waals surface area contributed by atoms with Crippen molar-refractivity contribution in [3.8, 4) is 0 Å². The van der Waals surface area contributed by atoms with Crippen LogP contribution in [0, 0.1) is 0 Å². The predicted molar refractivity (Wildman–Crippen MR) is 28.4 cm³/mol. The molecule has 9 heavy (non-hydrogen) atoms. The maximum atomic E-state index is 10.9. The normalized spacial score (nSPS) is 12.3. The molecule has 4 heteroatoms. The molecule has 0 aliphatic heterocycles. The number of carbonyl (C=O) groups is 1. The molecule has 3 nitrogen and oxygen atoms in total. The number of halogens is 1. The van der Waals surface area contributed by atoms with E-state index >= 15 is 0 Å². The lowest BCUT2D eigenvalue weighted by Gasteiger charge is -2.05. The van der Waals surface area contributed by atoms with E-state index in [1.54, 1.807) is 6.92 Å². The third kappa shape index (κ3) is 3.76. The molecule has 0 aliphatic rings. The van der Waals surface area contributed by atoms with Gasteiger partial charge in [-0.25, -0.2) is 9.74 Å². The van der Waals surface area contributed by atoms with Gasteiger partial charge in [0.25, 0.3) is 0 Å². The summed E-state index contributed by atoms with van der Waals surface area (Å²) >= 11 is 0. The van der Waals surface area contributed by atoms with E-state index in [2.05, 4.69) is 9.68 Å². The van der Waals surface area contributed by atoms with Crippen LogP contribution in [0.25, 0.3) is 0 Å². The van der Waals surface area contributed by atoms with Gasteiger partial charge in [0, 0.05) is 4.53 Å². The van der Waals surface area contributed by atoms with Crippen LogP contribution in [0.5, 0.6) is 0 Å². The Bertz CT molecular complexity index is 94.2. The molecule has 0 amide bonds. The van der Waals surface area contributed by atoms with Crippen LogP contribution in [0.2, 0.25) is 0 Å². The summed E-state index contributed by atoms with van der Waals surface area (Å²) in [6.45, 7) is 3.47. The van der Waals surface area contributed by atoms with Gasteiger partial charge in [0.05, 0.1) is 0 Å². The third-order valence-electron chi connectivity index (χ3n) is 0.935. The van der Waals surface area contributed by atoms with Crippen molar-refractivity contribution in [3.63, 3.8) is 0 Å². The highest BCUT2D eigenvalue weighted by atomic mass is 19.3. The Balaban J connectivity index is 3.34. The maximum Gasteiger partial charge on any atom is 0.545 e. The molecule has 0 spiro atoms. The van der Waals surface area contributed by atoms with E-state index < -0.39 is 6.16 Å². The van der Waals surface area contributed by atoms with Crippen molar-refractivity contribution in [2.24, 2.45) is 0 Å². The molecular weight excluding hydrogens is 127 g/mol. The molecule has 0 aromatic carbocycles. The molecule has 0 aliphatic carbocycles. The van der Waals surface area contributed by atoms with Gasteiger partial charge in [-0.05, 0) is 13.3 Å². The van der Waals surface area contributed by atoms with Crippen LogP contribution in [0.3, 0.4) is 0 Å². The molecule has 0 saturated carbocycles. The Hall–Kier alpha value is -0.800. The van der Waals surface area contributed by atoms with Gasteiger partial charge in [0.1, 0.15) is 6.10 Å². The molecule has 0 fully saturated rings. The summed E-state index contributed by atoms with van der Waals surface area (Å²) in [7, 11) is 0. The minimum absolute atomic E-state index is 0.284. The standard InChI is InChI=1S/C5H9FO3/c1-3-4(2)8-5(7)9-6/h4H,3H2,1-2H3. The molecule has 0 heterocycles. The Morgan fingerprint density at radius 1 is 1.78 bits per heavy atom. The molecule has 0 saturated heterocycles. The molecule has 0 rings (SSSR count). The summed E-state index contributed by atoms with van der Waals surface area (Å²) in [5.41, 5.74) is 0. The van der Waals surface area contributed by atoms with Crippen molar-refractivity contribution in [2.45, 2.75) is 26.4 Å². The van der Waals surface area contributed by atoms with E-state index in [-0.39, 0.29) is 6.10 Å². The average Bonchev–Trinajstić information content (AvgIpc) is 1.87. The first-order valence-electron chi connectivity index (χ1n) is 2.70. The second kappa shape index (κ2) is 4.12. The molecular formula is C5H9FO3. The van der Waals surface area contributed by atoms with Gasteiger partial charge in [0.15, 0.2) is 0 Å².